The number of hydrogen-bond donors (Lipinski definition) is 0. The summed E-state index contributed by atoms with van der Waals surface area (Å²) in [4.78, 5) is 2.36. The van der Waals surface area contributed by atoms with Gasteiger partial charge in [-0.3, -0.25) is 0 Å². The van der Waals surface area contributed by atoms with E-state index in [1.54, 1.807) is 0 Å². The van der Waals surface area contributed by atoms with Crippen molar-refractivity contribution in [2.24, 2.45) is 0 Å². The first-order chi connectivity index (χ1) is 26.3. The summed E-state index contributed by atoms with van der Waals surface area (Å²) in [6.07, 6.45) is 0. The fourth-order valence-electron chi connectivity index (χ4n) is 8.16. The zero-order chi connectivity index (χ0) is 34.9. The lowest BCUT2D eigenvalue weighted by Gasteiger charge is -2.27. The minimum absolute atomic E-state index is 0.840. The molecule has 3 nitrogen and oxygen atoms in total. The molecule has 0 aliphatic carbocycles. The number of nitrogens with zero attached hydrogens (tertiary/aromatic N) is 1. The lowest BCUT2D eigenvalue weighted by Crippen LogP contribution is -2.11. The van der Waals surface area contributed by atoms with Crippen LogP contribution in [0.3, 0.4) is 0 Å². The molecule has 0 aliphatic rings. The molecule has 11 aromatic rings. The van der Waals surface area contributed by atoms with Crippen LogP contribution in [0.2, 0.25) is 0 Å². The molecular formula is C50H31NO2. The Labute approximate surface area is 305 Å². The predicted octanol–water partition coefficient (Wildman–Crippen LogP) is 14.6. The fraction of sp³-hybridized carbons (Fsp3) is 0. The van der Waals surface area contributed by atoms with Crippen LogP contribution in [0.5, 0.6) is 0 Å². The predicted molar refractivity (Wildman–Crippen MR) is 222 cm³/mol. The van der Waals surface area contributed by atoms with Crippen LogP contribution >= 0.6 is 0 Å². The highest BCUT2D eigenvalue weighted by Gasteiger charge is 2.25. The minimum atomic E-state index is 0.840. The standard InChI is InChI=1S/C50H31NO2/c1-3-12-32(13-4-1)35-24-26-43-47(31-35)53-50-40(33-14-5-2-6-15-33)28-29-44(48(43)50)51(45-20-11-19-42-41-18-9-10-21-46(41)52-49(42)45)37-25-27-39-36(30-37)23-22-34-16-7-8-17-38(34)39/h1-31H. The Bertz CT molecular complexity index is 3170. The molecule has 0 atom stereocenters. The Morgan fingerprint density at radius 2 is 1.02 bits per heavy atom. The topological polar surface area (TPSA) is 29.5 Å². The lowest BCUT2D eigenvalue weighted by molar-refractivity contribution is 0.668. The van der Waals surface area contributed by atoms with Crippen LogP contribution < -0.4 is 4.90 Å². The molecule has 0 saturated heterocycles. The molecule has 2 heterocycles. The maximum Gasteiger partial charge on any atom is 0.159 e. The van der Waals surface area contributed by atoms with Crippen molar-refractivity contribution in [2.45, 2.75) is 0 Å². The van der Waals surface area contributed by atoms with E-state index in [4.69, 9.17) is 8.83 Å². The quantitative estimate of drug-likeness (QED) is 0.170. The fourth-order valence-corrected chi connectivity index (χ4v) is 8.16. The van der Waals surface area contributed by atoms with Gasteiger partial charge >= 0.3 is 0 Å². The monoisotopic (exact) mass is 677 g/mol. The highest BCUT2D eigenvalue weighted by molar-refractivity contribution is 6.19. The second kappa shape index (κ2) is 11.7. The second-order valence-electron chi connectivity index (χ2n) is 13.7. The molecule has 0 spiro atoms. The Morgan fingerprint density at radius 3 is 1.89 bits per heavy atom. The van der Waals surface area contributed by atoms with Crippen molar-refractivity contribution in [3.8, 4) is 22.3 Å². The second-order valence-corrected chi connectivity index (χ2v) is 13.7. The number of benzene rings is 9. The van der Waals surface area contributed by atoms with Crippen molar-refractivity contribution in [1.82, 2.24) is 0 Å². The normalized spacial score (nSPS) is 11.8. The number of fused-ring (bicyclic) bond motifs is 9. The van der Waals surface area contributed by atoms with Gasteiger partial charge in [-0.25, -0.2) is 0 Å². The Kier molecular flexibility index (Phi) is 6.55. The third-order valence-electron chi connectivity index (χ3n) is 10.6. The molecule has 248 valence electrons. The van der Waals surface area contributed by atoms with E-state index in [-0.39, 0.29) is 0 Å². The van der Waals surface area contributed by atoms with E-state index in [2.05, 4.69) is 175 Å². The molecule has 0 unspecified atom stereocenters. The number of rotatable bonds is 5. The summed E-state index contributed by atoms with van der Waals surface area (Å²) in [7, 11) is 0. The average Bonchev–Trinajstić information content (AvgIpc) is 3.81. The van der Waals surface area contributed by atoms with Crippen LogP contribution in [0.1, 0.15) is 0 Å². The van der Waals surface area contributed by atoms with Crippen molar-refractivity contribution in [3.05, 3.63) is 188 Å². The van der Waals surface area contributed by atoms with E-state index >= 15 is 0 Å². The largest absolute Gasteiger partial charge is 0.455 e. The van der Waals surface area contributed by atoms with E-state index in [9.17, 15) is 0 Å². The van der Waals surface area contributed by atoms with Gasteiger partial charge in [-0.15, -0.1) is 0 Å². The smallest absolute Gasteiger partial charge is 0.159 e. The summed E-state index contributed by atoms with van der Waals surface area (Å²) in [5.41, 5.74) is 10.8. The summed E-state index contributed by atoms with van der Waals surface area (Å²) in [5.74, 6) is 0. The summed E-state index contributed by atoms with van der Waals surface area (Å²) >= 11 is 0. The first-order valence-electron chi connectivity index (χ1n) is 18.0. The third kappa shape index (κ3) is 4.68. The molecule has 9 aromatic carbocycles. The molecule has 0 bridgehead atoms. The van der Waals surface area contributed by atoms with E-state index in [0.717, 1.165) is 83.2 Å². The molecule has 53 heavy (non-hydrogen) atoms. The van der Waals surface area contributed by atoms with E-state index in [1.807, 2.05) is 18.2 Å². The molecule has 0 radical (unpaired) electrons. The van der Waals surface area contributed by atoms with Crippen LogP contribution in [-0.4, -0.2) is 0 Å². The van der Waals surface area contributed by atoms with Crippen molar-refractivity contribution < 1.29 is 8.83 Å². The maximum atomic E-state index is 6.97. The zero-order valence-electron chi connectivity index (χ0n) is 28.7. The van der Waals surface area contributed by atoms with Crippen LogP contribution in [0.25, 0.3) is 87.7 Å². The van der Waals surface area contributed by atoms with Gasteiger partial charge in [0.05, 0.1) is 16.8 Å². The van der Waals surface area contributed by atoms with Gasteiger partial charge in [0.2, 0.25) is 0 Å². The van der Waals surface area contributed by atoms with Gasteiger partial charge in [0, 0.05) is 27.4 Å². The molecule has 2 aromatic heterocycles. The van der Waals surface area contributed by atoms with E-state index in [0.29, 0.717) is 0 Å². The van der Waals surface area contributed by atoms with Crippen molar-refractivity contribution in [1.29, 1.82) is 0 Å². The van der Waals surface area contributed by atoms with Crippen LogP contribution in [-0.2, 0) is 0 Å². The lowest BCUT2D eigenvalue weighted by atomic mass is 9.98. The average molecular weight is 678 g/mol. The van der Waals surface area contributed by atoms with Gasteiger partial charge in [-0.2, -0.15) is 0 Å². The SMILES string of the molecule is c1ccc(-c2ccc3c(c2)oc2c(-c4ccccc4)ccc(N(c4ccc5c(ccc6ccccc65)c4)c4cccc5c4oc4ccccc45)c23)cc1. The number of furan rings is 2. The van der Waals surface area contributed by atoms with Crippen LogP contribution in [0, 0.1) is 0 Å². The van der Waals surface area contributed by atoms with Crippen molar-refractivity contribution in [3.63, 3.8) is 0 Å². The maximum absolute atomic E-state index is 6.97. The van der Waals surface area contributed by atoms with Gasteiger partial charge in [0.15, 0.2) is 5.58 Å². The summed E-state index contributed by atoms with van der Waals surface area (Å²) in [5, 5.41) is 9.15. The zero-order valence-corrected chi connectivity index (χ0v) is 28.7. The highest BCUT2D eigenvalue weighted by Crippen LogP contribution is 2.49. The molecule has 0 saturated carbocycles. The van der Waals surface area contributed by atoms with Gasteiger partial charge in [0.1, 0.15) is 16.7 Å². The van der Waals surface area contributed by atoms with Gasteiger partial charge in [-0.1, -0.05) is 140 Å². The molecular weight excluding hydrogens is 647 g/mol. The first-order valence-corrected chi connectivity index (χ1v) is 18.0. The van der Waals surface area contributed by atoms with Gasteiger partial charge in [-0.05, 0) is 86.8 Å². The first kappa shape index (κ1) is 29.6. The third-order valence-corrected chi connectivity index (χ3v) is 10.6. The van der Waals surface area contributed by atoms with Crippen LogP contribution in [0.15, 0.2) is 197 Å². The minimum Gasteiger partial charge on any atom is -0.455 e. The molecule has 0 aliphatic heterocycles. The van der Waals surface area contributed by atoms with Crippen molar-refractivity contribution >= 4 is 82.5 Å². The summed E-state index contributed by atoms with van der Waals surface area (Å²) in [6.45, 7) is 0. The number of anilines is 3. The van der Waals surface area contributed by atoms with Crippen molar-refractivity contribution in [2.75, 3.05) is 4.90 Å². The molecule has 11 rings (SSSR count). The highest BCUT2D eigenvalue weighted by atomic mass is 16.3. The van der Waals surface area contributed by atoms with Gasteiger partial charge in [0.25, 0.3) is 0 Å². The van der Waals surface area contributed by atoms with E-state index in [1.165, 1.54) is 21.5 Å². The van der Waals surface area contributed by atoms with Crippen LogP contribution in [0.4, 0.5) is 17.1 Å². The summed E-state index contributed by atoms with van der Waals surface area (Å²) in [6, 6.07) is 66.6. The molecule has 0 N–H and O–H groups in total. The molecule has 0 amide bonds. The number of hydrogen-bond acceptors (Lipinski definition) is 3. The summed E-state index contributed by atoms with van der Waals surface area (Å²) < 4.78 is 13.7. The Hall–Kier alpha value is -7.10. The van der Waals surface area contributed by atoms with Gasteiger partial charge < -0.3 is 13.7 Å². The Morgan fingerprint density at radius 1 is 0.340 bits per heavy atom. The Balaban J connectivity index is 1.23. The number of para-hydroxylation sites is 2. The van der Waals surface area contributed by atoms with E-state index < -0.39 is 0 Å². The molecule has 0 fully saturated rings. The molecule has 3 heteroatoms.